The van der Waals surface area contributed by atoms with Gasteiger partial charge in [-0.2, -0.15) is 0 Å². The fraction of sp³-hybridized carbons (Fsp3) is 0.143. The average Bonchev–Trinajstić information content (AvgIpc) is 2.41. The first-order valence-corrected chi connectivity index (χ1v) is 5.94. The van der Waals surface area contributed by atoms with E-state index in [0.29, 0.717) is 16.5 Å². The van der Waals surface area contributed by atoms with Crippen LogP contribution in [-0.2, 0) is 0 Å². The summed E-state index contributed by atoms with van der Waals surface area (Å²) in [4.78, 5) is 15.1. The first kappa shape index (κ1) is 13.4. The average molecular weight is 278 g/mol. The molecular weight excluding hydrogens is 266 g/mol. The lowest BCUT2D eigenvalue weighted by Gasteiger charge is -2.09. The molecule has 0 atom stereocenters. The van der Waals surface area contributed by atoms with Gasteiger partial charge in [-0.05, 0) is 36.8 Å². The number of benzene rings is 1. The van der Waals surface area contributed by atoms with Crippen molar-refractivity contribution in [2.45, 2.75) is 6.92 Å². The van der Waals surface area contributed by atoms with Gasteiger partial charge >= 0.3 is 5.97 Å². The molecule has 98 valence electrons. The lowest BCUT2D eigenvalue weighted by Crippen LogP contribution is -1.97. The van der Waals surface area contributed by atoms with Crippen LogP contribution in [0.3, 0.4) is 0 Å². The van der Waals surface area contributed by atoms with Crippen molar-refractivity contribution in [2.75, 3.05) is 7.11 Å². The van der Waals surface area contributed by atoms with Crippen molar-refractivity contribution in [2.24, 2.45) is 0 Å². The zero-order valence-electron chi connectivity index (χ0n) is 10.5. The third-order valence-corrected chi connectivity index (χ3v) is 3.23. The van der Waals surface area contributed by atoms with Gasteiger partial charge in [0.05, 0.1) is 23.4 Å². The highest BCUT2D eigenvalue weighted by Crippen LogP contribution is 2.33. The molecule has 1 N–H and O–H groups in total. The monoisotopic (exact) mass is 277 g/mol. The largest absolute Gasteiger partial charge is 0.495 e. The van der Waals surface area contributed by atoms with Crippen LogP contribution in [0.15, 0.2) is 30.5 Å². The van der Waals surface area contributed by atoms with Crippen LogP contribution in [0.4, 0.5) is 0 Å². The Morgan fingerprint density at radius 2 is 2.11 bits per heavy atom. The van der Waals surface area contributed by atoms with E-state index in [9.17, 15) is 4.79 Å². The Labute approximate surface area is 115 Å². The molecule has 19 heavy (non-hydrogen) atoms. The Bertz CT molecular complexity index is 641. The van der Waals surface area contributed by atoms with Gasteiger partial charge in [0.1, 0.15) is 5.75 Å². The van der Waals surface area contributed by atoms with E-state index in [1.807, 2.05) is 13.0 Å². The first-order chi connectivity index (χ1) is 9.02. The summed E-state index contributed by atoms with van der Waals surface area (Å²) in [6, 6.07) is 6.55. The van der Waals surface area contributed by atoms with Crippen LogP contribution >= 0.6 is 11.6 Å². The molecule has 0 aliphatic carbocycles. The van der Waals surface area contributed by atoms with Gasteiger partial charge in [0.25, 0.3) is 0 Å². The third kappa shape index (κ3) is 2.69. The number of rotatable bonds is 3. The number of carboxylic acids is 1. The third-order valence-electron chi connectivity index (χ3n) is 2.74. The number of nitrogens with zero attached hydrogens (tertiary/aromatic N) is 1. The van der Waals surface area contributed by atoms with Crippen LogP contribution in [-0.4, -0.2) is 23.2 Å². The topological polar surface area (TPSA) is 59.4 Å². The predicted octanol–water partition coefficient (Wildman–Crippen LogP) is 3.42. The van der Waals surface area contributed by atoms with Crippen molar-refractivity contribution in [1.29, 1.82) is 0 Å². The molecule has 1 aromatic carbocycles. The lowest BCUT2D eigenvalue weighted by molar-refractivity contribution is 0.0697. The Kier molecular flexibility index (Phi) is 3.71. The summed E-state index contributed by atoms with van der Waals surface area (Å²) in [5.74, 6) is -0.444. The highest BCUT2D eigenvalue weighted by Gasteiger charge is 2.11. The molecule has 1 heterocycles. The van der Waals surface area contributed by atoms with Crippen LogP contribution in [0.25, 0.3) is 11.3 Å². The van der Waals surface area contributed by atoms with E-state index in [0.717, 1.165) is 11.1 Å². The second kappa shape index (κ2) is 5.28. The predicted molar refractivity (Wildman–Crippen MR) is 72.9 cm³/mol. The number of ether oxygens (including phenoxy) is 1. The van der Waals surface area contributed by atoms with Gasteiger partial charge < -0.3 is 9.84 Å². The molecule has 0 radical (unpaired) electrons. The summed E-state index contributed by atoms with van der Waals surface area (Å²) < 4.78 is 5.19. The molecule has 0 amide bonds. The van der Waals surface area contributed by atoms with Crippen molar-refractivity contribution < 1.29 is 14.6 Å². The zero-order chi connectivity index (χ0) is 14.0. The van der Waals surface area contributed by atoms with Crippen molar-refractivity contribution >= 4 is 17.6 Å². The van der Waals surface area contributed by atoms with Crippen molar-refractivity contribution in [3.8, 4) is 17.0 Å². The molecule has 0 spiro atoms. The molecule has 2 aromatic rings. The minimum absolute atomic E-state index is 0.191. The van der Waals surface area contributed by atoms with Crippen LogP contribution in [0.1, 0.15) is 15.9 Å². The van der Waals surface area contributed by atoms with E-state index in [-0.39, 0.29) is 5.56 Å². The second-order valence-electron chi connectivity index (χ2n) is 4.04. The van der Waals surface area contributed by atoms with Gasteiger partial charge in [-0.15, -0.1) is 0 Å². The fourth-order valence-corrected chi connectivity index (χ4v) is 1.94. The van der Waals surface area contributed by atoms with E-state index in [2.05, 4.69) is 4.98 Å². The molecule has 0 bridgehead atoms. The van der Waals surface area contributed by atoms with E-state index in [1.165, 1.54) is 25.4 Å². The molecule has 4 nitrogen and oxygen atoms in total. The molecule has 2 rings (SSSR count). The van der Waals surface area contributed by atoms with Crippen molar-refractivity contribution in [3.63, 3.8) is 0 Å². The second-order valence-corrected chi connectivity index (χ2v) is 4.42. The molecule has 5 heteroatoms. The Balaban J connectivity index is 2.56. The number of aromatic carboxylic acids is 1. The maximum Gasteiger partial charge on any atom is 0.335 e. The number of carbonyl (C=O) groups is 1. The number of halogens is 1. The van der Waals surface area contributed by atoms with Crippen LogP contribution in [0, 0.1) is 6.92 Å². The van der Waals surface area contributed by atoms with E-state index in [1.54, 1.807) is 6.07 Å². The van der Waals surface area contributed by atoms with Gasteiger partial charge in [0.15, 0.2) is 0 Å². The number of pyridine rings is 1. The number of hydrogen-bond acceptors (Lipinski definition) is 3. The summed E-state index contributed by atoms with van der Waals surface area (Å²) in [5, 5.41) is 9.52. The van der Waals surface area contributed by atoms with Gasteiger partial charge in [-0.1, -0.05) is 11.6 Å². The molecule has 0 aliphatic rings. The minimum atomic E-state index is -0.985. The Morgan fingerprint density at radius 3 is 2.74 bits per heavy atom. The van der Waals surface area contributed by atoms with E-state index in [4.69, 9.17) is 21.4 Å². The lowest BCUT2D eigenvalue weighted by atomic mass is 10.1. The van der Waals surface area contributed by atoms with Gasteiger partial charge in [-0.3, -0.25) is 4.98 Å². The van der Waals surface area contributed by atoms with Crippen LogP contribution in [0.2, 0.25) is 5.02 Å². The molecule has 0 unspecified atom stereocenters. The SMILES string of the molecule is COc1cc(-c2cc(C(=O)O)ccn2)cc(C)c1Cl. The van der Waals surface area contributed by atoms with Gasteiger partial charge in [-0.25, -0.2) is 4.79 Å². The van der Waals surface area contributed by atoms with E-state index < -0.39 is 5.97 Å². The van der Waals surface area contributed by atoms with Crippen LogP contribution < -0.4 is 4.74 Å². The Morgan fingerprint density at radius 1 is 1.37 bits per heavy atom. The molecule has 0 saturated carbocycles. The quantitative estimate of drug-likeness (QED) is 0.934. The number of aryl methyl sites for hydroxylation is 1. The highest BCUT2D eigenvalue weighted by atomic mass is 35.5. The molecule has 0 saturated heterocycles. The maximum absolute atomic E-state index is 11.0. The van der Waals surface area contributed by atoms with Crippen molar-refractivity contribution in [1.82, 2.24) is 4.98 Å². The standard InChI is InChI=1S/C14H12ClNO3/c1-8-5-10(7-12(19-2)13(8)15)11-6-9(14(17)18)3-4-16-11/h3-7H,1-2H3,(H,17,18). The summed E-state index contributed by atoms with van der Waals surface area (Å²) in [5.41, 5.74) is 2.37. The zero-order valence-corrected chi connectivity index (χ0v) is 11.2. The molecule has 0 aliphatic heterocycles. The summed E-state index contributed by atoms with van der Waals surface area (Å²) in [6.45, 7) is 1.86. The normalized spacial score (nSPS) is 10.3. The summed E-state index contributed by atoms with van der Waals surface area (Å²) in [6.07, 6.45) is 1.47. The smallest absolute Gasteiger partial charge is 0.335 e. The summed E-state index contributed by atoms with van der Waals surface area (Å²) >= 11 is 6.09. The maximum atomic E-state index is 11.0. The molecular formula is C14H12ClNO3. The Hall–Kier alpha value is -2.07. The first-order valence-electron chi connectivity index (χ1n) is 5.56. The summed E-state index contributed by atoms with van der Waals surface area (Å²) in [7, 11) is 1.53. The van der Waals surface area contributed by atoms with E-state index >= 15 is 0 Å². The fourth-order valence-electron chi connectivity index (χ4n) is 1.76. The minimum Gasteiger partial charge on any atom is -0.495 e. The number of carboxylic acid groups (broad SMARTS) is 1. The number of aromatic nitrogens is 1. The number of methoxy groups -OCH3 is 1. The van der Waals surface area contributed by atoms with Crippen LogP contribution in [0.5, 0.6) is 5.75 Å². The van der Waals surface area contributed by atoms with Gasteiger partial charge in [0.2, 0.25) is 0 Å². The van der Waals surface area contributed by atoms with Gasteiger partial charge in [0, 0.05) is 11.8 Å². The molecule has 0 fully saturated rings. The number of hydrogen-bond donors (Lipinski definition) is 1. The molecule has 1 aromatic heterocycles. The highest BCUT2D eigenvalue weighted by molar-refractivity contribution is 6.32. The van der Waals surface area contributed by atoms with Crippen molar-refractivity contribution in [3.05, 3.63) is 46.6 Å².